The number of carboxylic acid groups (broad SMARTS) is 1. The van der Waals surface area contributed by atoms with Gasteiger partial charge in [-0.1, -0.05) is 35.9 Å². The molecule has 0 aliphatic heterocycles. The lowest BCUT2D eigenvalue weighted by Crippen LogP contribution is -2.27. The van der Waals surface area contributed by atoms with Gasteiger partial charge >= 0.3 is 5.97 Å². The summed E-state index contributed by atoms with van der Waals surface area (Å²) in [6.07, 6.45) is 0. The van der Waals surface area contributed by atoms with E-state index in [0.29, 0.717) is 21.5 Å². The summed E-state index contributed by atoms with van der Waals surface area (Å²) in [6.45, 7) is -0.475. The Labute approximate surface area is 130 Å². The summed E-state index contributed by atoms with van der Waals surface area (Å²) in [5, 5.41) is 9.86. The molecule has 0 aliphatic rings. The van der Waals surface area contributed by atoms with E-state index in [4.69, 9.17) is 16.7 Å². The fourth-order valence-corrected chi connectivity index (χ4v) is 2.52. The van der Waals surface area contributed by atoms with Gasteiger partial charge in [0.2, 0.25) is 0 Å². The van der Waals surface area contributed by atoms with Gasteiger partial charge in [-0.3, -0.25) is 14.2 Å². The molecule has 0 atom stereocenters. The molecule has 110 valence electrons. The summed E-state index contributed by atoms with van der Waals surface area (Å²) in [6, 6.07) is 13.7. The minimum absolute atomic E-state index is 0.247. The van der Waals surface area contributed by atoms with Gasteiger partial charge in [0.15, 0.2) is 0 Å². The smallest absolute Gasteiger partial charge is 0.323 e. The minimum atomic E-state index is -1.12. The lowest BCUT2D eigenvalue weighted by molar-refractivity contribution is -0.137. The van der Waals surface area contributed by atoms with E-state index in [1.165, 1.54) is 0 Å². The number of fused-ring (bicyclic) bond motifs is 1. The second-order valence-electron chi connectivity index (χ2n) is 4.72. The Hall–Kier alpha value is -2.66. The van der Waals surface area contributed by atoms with E-state index in [0.717, 1.165) is 4.57 Å². The molecule has 0 fully saturated rings. The third-order valence-corrected chi connectivity index (χ3v) is 3.60. The normalized spacial score (nSPS) is 10.8. The molecule has 2 aromatic carbocycles. The van der Waals surface area contributed by atoms with Crippen LogP contribution in [0.25, 0.3) is 22.3 Å². The molecule has 1 N–H and O–H groups in total. The monoisotopic (exact) mass is 314 g/mol. The predicted molar refractivity (Wildman–Crippen MR) is 84.1 cm³/mol. The highest BCUT2D eigenvalue weighted by molar-refractivity contribution is 6.33. The molecule has 0 saturated heterocycles. The number of aliphatic carboxylic acids is 1. The average molecular weight is 315 g/mol. The zero-order valence-electron chi connectivity index (χ0n) is 11.4. The van der Waals surface area contributed by atoms with Crippen LogP contribution in [0, 0.1) is 0 Å². The number of halogens is 1. The van der Waals surface area contributed by atoms with E-state index in [-0.39, 0.29) is 5.82 Å². The summed E-state index contributed by atoms with van der Waals surface area (Å²) >= 11 is 6.17. The number of carbonyl (C=O) groups is 1. The number of nitrogens with zero attached hydrogens (tertiary/aromatic N) is 2. The van der Waals surface area contributed by atoms with E-state index >= 15 is 0 Å². The highest BCUT2D eigenvalue weighted by atomic mass is 35.5. The van der Waals surface area contributed by atoms with Gasteiger partial charge in [-0.05, 0) is 24.3 Å². The molecular weight excluding hydrogens is 304 g/mol. The molecule has 3 rings (SSSR count). The first-order valence-electron chi connectivity index (χ1n) is 6.54. The van der Waals surface area contributed by atoms with Gasteiger partial charge in [0.25, 0.3) is 5.56 Å². The molecule has 0 bridgehead atoms. The van der Waals surface area contributed by atoms with Crippen molar-refractivity contribution in [1.29, 1.82) is 0 Å². The van der Waals surface area contributed by atoms with Crippen molar-refractivity contribution < 1.29 is 9.90 Å². The van der Waals surface area contributed by atoms with Crippen LogP contribution < -0.4 is 5.56 Å². The van der Waals surface area contributed by atoms with Crippen molar-refractivity contribution in [2.75, 3.05) is 0 Å². The van der Waals surface area contributed by atoms with Crippen LogP contribution in [0.3, 0.4) is 0 Å². The number of carboxylic acids is 1. The van der Waals surface area contributed by atoms with Crippen LogP contribution in [-0.2, 0) is 11.3 Å². The highest BCUT2D eigenvalue weighted by Gasteiger charge is 2.16. The van der Waals surface area contributed by atoms with Crippen molar-refractivity contribution in [1.82, 2.24) is 9.55 Å². The first-order valence-corrected chi connectivity index (χ1v) is 6.92. The van der Waals surface area contributed by atoms with Crippen LogP contribution >= 0.6 is 11.6 Å². The van der Waals surface area contributed by atoms with Crippen molar-refractivity contribution >= 4 is 28.5 Å². The first-order chi connectivity index (χ1) is 10.6. The average Bonchev–Trinajstić information content (AvgIpc) is 2.50. The maximum Gasteiger partial charge on any atom is 0.323 e. The molecule has 0 radical (unpaired) electrons. The number of benzene rings is 2. The molecule has 6 heteroatoms. The van der Waals surface area contributed by atoms with Crippen molar-refractivity contribution in [2.45, 2.75) is 6.54 Å². The predicted octanol–water partition coefficient (Wildman–Crippen LogP) is 2.80. The number of rotatable bonds is 3. The van der Waals surface area contributed by atoms with Crippen molar-refractivity contribution in [3.05, 3.63) is 63.9 Å². The third-order valence-electron chi connectivity index (χ3n) is 3.27. The Morgan fingerprint density at radius 1 is 1.14 bits per heavy atom. The highest BCUT2D eigenvalue weighted by Crippen LogP contribution is 2.26. The SMILES string of the molecule is O=C(O)Cn1c(-c2ccccc2Cl)nc2ccccc2c1=O. The van der Waals surface area contributed by atoms with Gasteiger partial charge in [-0.25, -0.2) is 4.98 Å². The Bertz CT molecular complexity index is 934. The summed E-state index contributed by atoms with van der Waals surface area (Å²) in [5.74, 6) is -0.871. The van der Waals surface area contributed by atoms with E-state index in [1.54, 1.807) is 48.5 Å². The van der Waals surface area contributed by atoms with Gasteiger partial charge in [-0.2, -0.15) is 0 Å². The van der Waals surface area contributed by atoms with E-state index in [1.807, 2.05) is 0 Å². The largest absolute Gasteiger partial charge is 0.480 e. The quantitative estimate of drug-likeness (QED) is 0.807. The van der Waals surface area contributed by atoms with Gasteiger partial charge in [0, 0.05) is 5.56 Å². The molecule has 0 saturated carbocycles. The van der Waals surface area contributed by atoms with E-state index in [2.05, 4.69) is 4.98 Å². The lowest BCUT2D eigenvalue weighted by atomic mass is 10.1. The second kappa shape index (κ2) is 5.61. The summed E-state index contributed by atoms with van der Waals surface area (Å²) < 4.78 is 1.13. The maximum atomic E-state index is 12.6. The van der Waals surface area contributed by atoms with Crippen LogP contribution in [0.4, 0.5) is 0 Å². The molecule has 0 amide bonds. The summed E-state index contributed by atoms with van der Waals surface area (Å²) in [7, 11) is 0. The Kier molecular flexibility index (Phi) is 3.65. The fraction of sp³-hybridized carbons (Fsp3) is 0.0625. The Balaban J connectivity index is 2.39. The molecule has 22 heavy (non-hydrogen) atoms. The third kappa shape index (κ3) is 2.46. The molecule has 1 heterocycles. The van der Waals surface area contributed by atoms with Crippen molar-refractivity contribution in [3.63, 3.8) is 0 Å². The standard InChI is InChI=1S/C16H11ClN2O3/c17-12-7-3-1-5-10(12)15-18-13-8-4-2-6-11(13)16(22)19(15)9-14(20)21/h1-8H,9H2,(H,20,21). The molecular formula is C16H11ClN2O3. The van der Waals surface area contributed by atoms with Crippen LogP contribution in [0.5, 0.6) is 0 Å². The number of aromatic nitrogens is 2. The van der Waals surface area contributed by atoms with Gasteiger partial charge in [0.05, 0.1) is 15.9 Å². The Morgan fingerprint density at radius 3 is 2.55 bits per heavy atom. The number of hydrogen-bond donors (Lipinski definition) is 1. The van der Waals surface area contributed by atoms with Crippen LogP contribution in [0.15, 0.2) is 53.3 Å². The lowest BCUT2D eigenvalue weighted by Gasteiger charge is -2.12. The topological polar surface area (TPSA) is 72.2 Å². The molecule has 0 unspecified atom stereocenters. The zero-order valence-corrected chi connectivity index (χ0v) is 12.1. The van der Waals surface area contributed by atoms with Crippen molar-refractivity contribution in [2.24, 2.45) is 0 Å². The van der Waals surface area contributed by atoms with Gasteiger partial charge in [-0.15, -0.1) is 0 Å². The number of hydrogen-bond acceptors (Lipinski definition) is 3. The van der Waals surface area contributed by atoms with Crippen LogP contribution in [0.1, 0.15) is 0 Å². The molecule has 3 aromatic rings. The summed E-state index contributed by atoms with van der Waals surface area (Å²) in [5.41, 5.74) is 0.625. The maximum absolute atomic E-state index is 12.6. The summed E-state index contributed by atoms with van der Waals surface area (Å²) in [4.78, 5) is 28.1. The first kappa shape index (κ1) is 14.3. The molecule has 0 spiro atoms. The van der Waals surface area contributed by atoms with Crippen LogP contribution in [-0.4, -0.2) is 20.6 Å². The molecule has 0 aliphatic carbocycles. The minimum Gasteiger partial charge on any atom is -0.480 e. The van der Waals surface area contributed by atoms with Gasteiger partial charge < -0.3 is 5.11 Å². The van der Waals surface area contributed by atoms with Crippen molar-refractivity contribution in [3.8, 4) is 11.4 Å². The zero-order chi connectivity index (χ0) is 15.7. The van der Waals surface area contributed by atoms with Crippen LogP contribution in [0.2, 0.25) is 5.02 Å². The van der Waals surface area contributed by atoms with E-state index in [9.17, 15) is 9.59 Å². The molecule has 1 aromatic heterocycles. The number of para-hydroxylation sites is 1. The second-order valence-corrected chi connectivity index (χ2v) is 5.12. The Morgan fingerprint density at radius 2 is 1.82 bits per heavy atom. The van der Waals surface area contributed by atoms with Gasteiger partial charge in [0.1, 0.15) is 12.4 Å². The molecule has 5 nitrogen and oxygen atoms in total. The van der Waals surface area contributed by atoms with E-state index < -0.39 is 18.1 Å². The fourth-order valence-electron chi connectivity index (χ4n) is 2.30.